The van der Waals surface area contributed by atoms with Gasteiger partial charge in [-0.05, 0) is 40.2 Å². The molecule has 1 N–H and O–H groups in total. The average molecular weight is 363 g/mol. The monoisotopic (exact) mass is 362 g/mol. The number of pyridine rings is 1. The Hall–Kier alpha value is -2.21. The van der Waals surface area contributed by atoms with Crippen molar-refractivity contribution >= 4 is 33.3 Å². The molecule has 0 bridgehead atoms. The molecule has 0 fully saturated rings. The molecule has 0 atom stereocenters. The molecule has 1 amide bonds. The number of carbonyl (C=O) groups is 2. The Morgan fingerprint density at radius 2 is 2.05 bits per heavy atom. The predicted octanol–water partition coefficient (Wildman–Crippen LogP) is 3.45. The number of ketones is 1. The summed E-state index contributed by atoms with van der Waals surface area (Å²) in [5.41, 5.74) is 1.14. The molecule has 0 unspecified atom stereocenters. The number of hydrogen-bond donors (Lipinski definition) is 1. The highest BCUT2D eigenvalue weighted by Crippen LogP contribution is 2.15. The quantitative estimate of drug-likeness (QED) is 0.631. The minimum atomic E-state index is -0.222. The van der Waals surface area contributed by atoms with Crippen molar-refractivity contribution in [1.29, 1.82) is 0 Å². The Morgan fingerprint density at radius 1 is 1.23 bits per heavy atom. The number of halogens is 1. The second-order valence-electron chi connectivity index (χ2n) is 4.57. The maximum absolute atomic E-state index is 12.1. The maximum atomic E-state index is 12.1. The zero-order valence-electron chi connectivity index (χ0n) is 12.0. The molecule has 2 rings (SSSR count). The highest BCUT2D eigenvalue weighted by molar-refractivity contribution is 9.10. The van der Waals surface area contributed by atoms with Gasteiger partial charge in [-0.25, -0.2) is 4.98 Å². The van der Waals surface area contributed by atoms with Gasteiger partial charge in [0.15, 0.2) is 5.78 Å². The predicted molar refractivity (Wildman–Crippen MR) is 87.1 cm³/mol. The van der Waals surface area contributed by atoms with Gasteiger partial charge in [0.1, 0.15) is 10.4 Å². The molecule has 22 heavy (non-hydrogen) atoms. The van der Waals surface area contributed by atoms with E-state index >= 15 is 0 Å². The van der Waals surface area contributed by atoms with Gasteiger partial charge in [-0.1, -0.05) is 12.1 Å². The molecule has 114 valence electrons. The van der Waals surface area contributed by atoms with Gasteiger partial charge in [0.2, 0.25) is 5.91 Å². The van der Waals surface area contributed by atoms with Gasteiger partial charge in [0.25, 0.3) is 0 Å². The topological polar surface area (TPSA) is 68.3 Å². The molecule has 6 heteroatoms. The standard InChI is InChI=1S/C16H15BrN2O3/c1-22-13-4-2-3-11(9-13)14(20)6-8-16(21)19-12-5-7-15(17)18-10-12/h2-5,7,9-10H,6,8H2,1H3,(H,19,21). The normalized spacial score (nSPS) is 10.1. The van der Waals surface area contributed by atoms with Gasteiger partial charge in [0, 0.05) is 18.4 Å². The third-order valence-electron chi connectivity index (χ3n) is 2.98. The van der Waals surface area contributed by atoms with Crippen molar-refractivity contribution in [1.82, 2.24) is 4.98 Å². The molecule has 0 radical (unpaired) electrons. The number of rotatable bonds is 6. The van der Waals surface area contributed by atoms with E-state index in [-0.39, 0.29) is 24.5 Å². The van der Waals surface area contributed by atoms with Gasteiger partial charge >= 0.3 is 0 Å². The second kappa shape index (κ2) is 7.70. The van der Waals surface area contributed by atoms with Gasteiger partial charge in [-0.3, -0.25) is 9.59 Å². The van der Waals surface area contributed by atoms with Crippen LogP contribution in [0, 0.1) is 0 Å². The molecular formula is C16H15BrN2O3. The maximum Gasteiger partial charge on any atom is 0.224 e. The van der Waals surface area contributed by atoms with E-state index in [0.717, 1.165) is 0 Å². The number of hydrogen-bond acceptors (Lipinski definition) is 4. The van der Waals surface area contributed by atoms with Crippen LogP contribution in [0.4, 0.5) is 5.69 Å². The van der Waals surface area contributed by atoms with Crippen molar-refractivity contribution in [2.75, 3.05) is 12.4 Å². The molecule has 0 aliphatic heterocycles. The number of nitrogens with zero attached hydrogens (tertiary/aromatic N) is 1. The van der Waals surface area contributed by atoms with Gasteiger partial charge in [-0.2, -0.15) is 0 Å². The van der Waals surface area contributed by atoms with Crippen molar-refractivity contribution in [2.45, 2.75) is 12.8 Å². The average Bonchev–Trinajstić information content (AvgIpc) is 2.55. The SMILES string of the molecule is COc1cccc(C(=O)CCC(=O)Nc2ccc(Br)nc2)c1. The lowest BCUT2D eigenvalue weighted by Gasteiger charge is -2.06. The molecule has 2 aromatic rings. The van der Waals surface area contributed by atoms with Crippen LogP contribution in [-0.2, 0) is 4.79 Å². The Labute approximate surface area is 136 Å². The summed E-state index contributed by atoms with van der Waals surface area (Å²) in [6.07, 6.45) is 1.81. The summed E-state index contributed by atoms with van der Waals surface area (Å²) < 4.78 is 5.77. The summed E-state index contributed by atoms with van der Waals surface area (Å²) in [7, 11) is 1.54. The van der Waals surface area contributed by atoms with Crippen molar-refractivity contribution in [2.24, 2.45) is 0 Å². The van der Waals surface area contributed by atoms with Crippen LogP contribution >= 0.6 is 15.9 Å². The van der Waals surface area contributed by atoms with Crippen LogP contribution in [0.3, 0.4) is 0 Å². The number of aromatic nitrogens is 1. The number of Topliss-reactive ketones (excluding diaryl/α,β-unsaturated/α-hetero) is 1. The second-order valence-corrected chi connectivity index (χ2v) is 5.39. The molecule has 1 aromatic carbocycles. The van der Waals surface area contributed by atoms with Crippen LogP contribution in [0.15, 0.2) is 47.2 Å². The minimum absolute atomic E-state index is 0.0945. The number of nitrogens with one attached hydrogen (secondary N) is 1. The summed E-state index contributed by atoms with van der Waals surface area (Å²) in [6, 6.07) is 10.4. The van der Waals surface area contributed by atoms with E-state index in [0.29, 0.717) is 21.6 Å². The van der Waals surface area contributed by atoms with Crippen LogP contribution in [-0.4, -0.2) is 23.8 Å². The molecule has 0 saturated heterocycles. The Kier molecular flexibility index (Phi) is 5.66. The van der Waals surface area contributed by atoms with Crippen molar-refractivity contribution in [3.05, 3.63) is 52.8 Å². The lowest BCUT2D eigenvalue weighted by molar-refractivity contribution is -0.116. The third-order valence-corrected chi connectivity index (χ3v) is 3.45. The molecule has 0 aliphatic carbocycles. The summed E-state index contributed by atoms with van der Waals surface area (Å²) in [5.74, 6) is 0.305. The van der Waals surface area contributed by atoms with E-state index < -0.39 is 0 Å². The first-order valence-corrected chi connectivity index (χ1v) is 7.46. The zero-order chi connectivity index (χ0) is 15.9. The Morgan fingerprint density at radius 3 is 2.73 bits per heavy atom. The first-order chi connectivity index (χ1) is 10.6. The van der Waals surface area contributed by atoms with Crippen molar-refractivity contribution < 1.29 is 14.3 Å². The molecule has 1 aromatic heterocycles. The molecule has 1 heterocycles. The van der Waals surface area contributed by atoms with E-state index in [4.69, 9.17) is 4.74 Å². The van der Waals surface area contributed by atoms with Crippen LogP contribution in [0.2, 0.25) is 0 Å². The zero-order valence-corrected chi connectivity index (χ0v) is 13.6. The molecule has 0 saturated carbocycles. The number of benzene rings is 1. The number of ether oxygens (including phenoxy) is 1. The van der Waals surface area contributed by atoms with Crippen molar-refractivity contribution in [3.8, 4) is 5.75 Å². The molecular weight excluding hydrogens is 348 g/mol. The van der Waals surface area contributed by atoms with E-state index in [9.17, 15) is 9.59 Å². The van der Waals surface area contributed by atoms with Crippen LogP contribution < -0.4 is 10.1 Å². The number of carbonyl (C=O) groups excluding carboxylic acids is 2. The summed E-state index contributed by atoms with van der Waals surface area (Å²) in [6.45, 7) is 0. The first kappa shape index (κ1) is 16.2. The largest absolute Gasteiger partial charge is 0.497 e. The van der Waals surface area contributed by atoms with E-state index in [1.54, 1.807) is 49.7 Å². The van der Waals surface area contributed by atoms with Crippen LogP contribution in [0.25, 0.3) is 0 Å². The molecule has 0 spiro atoms. The summed E-state index contributed by atoms with van der Waals surface area (Å²) in [5, 5.41) is 2.70. The lowest BCUT2D eigenvalue weighted by Crippen LogP contribution is -2.13. The summed E-state index contributed by atoms with van der Waals surface area (Å²) in [4.78, 5) is 27.9. The smallest absolute Gasteiger partial charge is 0.224 e. The van der Waals surface area contributed by atoms with E-state index in [1.807, 2.05) is 0 Å². The Bertz CT molecular complexity index is 671. The summed E-state index contributed by atoms with van der Waals surface area (Å²) >= 11 is 3.22. The highest BCUT2D eigenvalue weighted by Gasteiger charge is 2.10. The number of amides is 1. The minimum Gasteiger partial charge on any atom is -0.497 e. The number of methoxy groups -OCH3 is 1. The van der Waals surface area contributed by atoms with Crippen molar-refractivity contribution in [3.63, 3.8) is 0 Å². The fraction of sp³-hybridized carbons (Fsp3) is 0.188. The van der Waals surface area contributed by atoms with Crippen LogP contribution in [0.1, 0.15) is 23.2 Å². The third kappa shape index (κ3) is 4.66. The van der Waals surface area contributed by atoms with Gasteiger partial charge < -0.3 is 10.1 Å². The first-order valence-electron chi connectivity index (χ1n) is 6.67. The fourth-order valence-electron chi connectivity index (χ4n) is 1.84. The highest BCUT2D eigenvalue weighted by atomic mass is 79.9. The van der Waals surface area contributed by atoms with Gasteiger partial charge in [0.05, 0.1) is 19.0 Å². The molecule has 0 aliphatic rings. The van der Waals surface area contributed by atoms with Crippen LogP contribution in [0.5, 0.6) is 5.75 Å². The lowest BCUT2D eigenvalue weighted by atomic mass is 10.1. The Balaban J connectivity index is 1.87. The number of anilines is 1. The molecule has 5 nitrogen and oxygen atoms in total. The fourth-order valence-corrected chi connectivity index (χ4v) is 2.08. The van der Waals surface area contributed by atoms with E-state index in [2.05, 4.69) is 26.2 Å². The van der Waals surface area contributed by atoms with E-state index in [1.165, 1.54) is 0 Å². The van der Waals surface area contributed by atoms with Gasteiger partial charge in [-0.15, -0.1) is 0 Å².